The third kappa shape index (κ3) is 2.58. The van der Waals surface area contributed by atoms with Gasteiger partial charge in [0.15, 0.2) is 0 Å². The number of aryl methyl sites for hydroxylation is 1. The molecule has 0 saturated carbocycles. The molecule has 0 unspecified atom stereocenters. The number of benzene rings is 2. The van der Waals surface area contributed by atoms with E-state index >= 15 is 0 Å². The van der Waals surface area contributed by atoms with Gasteiger partial charge in [-0.15, -0.1) is 11.3 Å². The van der Waals surface area contributed by atoms with E-state index in [4.69, 9.17) is 5.73 Å². The summed E-state index contributed by atoms with van der Waals surface area (Å²) in [6.45, 7) is 1.88. The number of nitrogens with two attached hydrogens (primary N) is 1. The number of anilines is 1. The zero-order chi connectivity index (χ0) is 15.2. The number of hydrogen-bond acceptors (Lipinski definition) is 3. The van der Waals surface area contributed by atoms with Crippen molar-refractivity contribution in [1.82, 2.24) is 4.98 Å². The molecule has 0 amide bonds. The summed E-state index contributed by atoms with van der Waals surface area (Å²) in [6, 6.07) is 9.11. The van der Waals surface area contributed by atoms with Crippen molar-refractivity contribution < 1.29 is 13.2 Å². The second-order valence-corrected chi connectivity index (χ2v) is 5.80. The minimum atomic E-state index is -4.35. The van der Waals surface area contributed by atoms with Crippen LogP contribution in [-0.4, -0.2) is 4.98 Å². The average molecular weight is 308 g/mol. The second-order valence-electron chi connectivity index (χ2n) is 4.77. The Labute approximate surface area is 123 Å². The molecule has 108 valence electrons. The van der Waals surface area contributed by atoms with Crippen molar-refractivity contribution in [2.45, 2.75) is 13.1 Å². The third-order valence-corrected chi connectivity index (χ3v) is 4.32. The minimum Gasteiger partial charge on any atom is -0.399 e. The van der Waals surface area contributed by atoms with Crippen LogP contribution in [0.5, 0.6) is 0 Å². The van der Waals surface area contributed by atoms with Gasteiger partial charge in [0.25, 0.3) is 0 Å². The van der Waals surface area contributed by atoms with Crippen LogP contribution in [0.1, 0.15) is 11.1 Å². The van der Waals surface area contributed by atoms with E-state index in [2.05, 4.69) is 4.98 Å². The highest BCUT2D eigenvalue weighted by molar-refractivity contribution is 7.21. The number of aromatic nitrogens is 1. The smallest absolute Gasteiger partial charge is 0.399 e. The fourth-order valence-corrected chi connectivity index (χ4v) is 2.98. The Morgan fingerprint density at radius 1 is 1.10 bits per heavy atom. The zero-order valence-corrected chi connectivity index (χ0v) is 11.8. The van der Waals surface area contributed by atoms with Crippen molar-refractivity contribution in [2.75, 3.05) is 5.73 Å². The van der Waals surface area contributed by atoms with Crippen LogP contribution in [0.4, 0.5) is 18.9 Å². The molecule has 21 heavy (non-hydrogen) atoms. The second kappa shape index (κ2) is 4.73. The van der Waals surface area contributed by atoms with Crippen LogP contribution in [0.25, 0.3) is 20.8 Å². The van der Waals surface area contributed by atoms with Crippen LogP contribution >= 0.6 is 11.3 Å². The van der Waals surface area contributed by atoms with Gasteiger partial charge < -0.3 is 5.73 Å². The van der Waals surface area contributed by atoms with Crippen molar-refractivity contribution in [3.8, 4) is 10.6 Å². The number of alkyl halides is 3. The van der Waals surface area contributed by atoms with Gasteiger partial charge in [0.05, 0.1) is 15.8 Å². The summed E-state index contributed by atoms with van der Waals surface area (Å²) in [7, 11) is 0. The highest BCUT2D eigenvalue weighted by atomic mass is 32.1. The number of nitrogens with zero attached hydrogens (tertiary/aromatic N) is 1. The predicted octanol–water partition coefficient (Wildman–Crippen LogP) is 4.87. The van der Waals surface area contributed by atoms with Gasteiger partial charge in [0.1, 0.15) is 5.01 Å². The van der Waals surface area contributed by atoms with Gasteiger partial charge in [-0.25, -0.2) is 4.98 Å². The van der Waals surface area contributed by atoms with Gasteiger partial charge in [-0.3, -0.25) is 0 Å². The highest BCUT2D eigenvalue weighted by Gasteiger charge is 2.30. The molecule has 1 heterocycles. The van der Waals surface area contributed by atoms with Crippen LogP contribution in [-0.2, 0) is 6.18 Å². The lowest BCUT2D eigenvalue weighted by Crippen LogP contribution is -2.03. The van der Waals surface area contributed by atoms with E-state index in [1.807, 2.05) is 19.1 Å². The first-order valence-electron chi connectivity index (χ1n) is 6.19. The van der Waals surface area contributed by atoms with E-state index < -0.39 is 11.7 Å². The molecule has 0 spiro atoms. The van der Waals surface area contributed by atoms with Crippen LogP contribution in [0.3, 0.4) is 0 Å². The van der Waals surface area contributed by atoms with Gasteiger partial charge in [-0.1, -0.05) is 0 Å². The van der Waals surface area contributed by atoms with Crippen LogP contribution in [0.2, 0.25) is 0 Å². The summed E-state index contributed by atoms with van der Waals surface area (Å²) in [6.07, 6.45) is -4.35. The fourth-order valence-electron chi connectivity index (χ4n) is 2.04. The summed E-state index contributed by atoms with van der Waals surface area (Å²) < 4.78 is 38.8. The molecule has 0 aliphatic rings. The molecule has 3 aromatic rings. The monoisotopic (exact) mass is 308 g/mol. The molecule has 0 aliphatic carbocycles. The maximum absolute atomic E-state index is 12.7. The van der Waals surface area contributed by atoms with Gasteiger partial charge in [-0.05, 0) is 48.9 Å². The molecule has 2 nitrogen and oxygen atoms in total. The van der Waals surface area contributed by atoms with E-state index in [0.29, 0.717) is 16.2 Å². The Hall–Kier alpha value is -2.08. The molecule has 1 aromatic heterocycles. The summed E-state index contributed by atoms with van der Waals surface area (Å²) in [5, 5.41) is 0.687. The molecule has 2 N–H and O–H groups in total. The number of nitrogen functional groups attached to an aromatic ring is 1. The summed E-state index contributed by atoms with van der Waals surface area (Å²) in [4.78, 5) is 4.31. The number of thiazole rings is 1. The summed E-state index contributed by atoms with van der Waals surface area (Å²) >= 11 is 1.36. The van der Waals surface area contributed by atoms with E-state index in [1.54, 1.807) is 6.07 Å². The summed E-state index contributed by atoms with van der Waals surface area (Å²) in [5.74, 6) is 0. The Bertz CT molecular complexity index is 821. The molecule has 0 aliphatic heterocycles. The maximum atomic E-state index is 12.7. The SMILES string of the molecule is Cc1cc(-c2nc3cc(C(F)(F)F)ccc3s2)ccc1N. The number of fused-ring (bicyclic) bond motifs is 1. The average Bonchev–Trinajstić information content (AvgIpc) is 2.83. The molecule has 0 radical (unpaired) electrons. The van der Waals surface area contributed by atoms with Crippen molar-refractivity contribution in [2.24, 2.45) is 0 Å². The molecule has 0 atom stereocenters. The van der Waals surface area contributed by atoms with Crippen molar-refractivity contribution in [3.63, 3.8) is 0 Å². The lowest BCUT2D eigenvalue weighted by Gasteiger charge is -2.04. The number of halogens is 3. The normalized spacial score (nSPS) is 12.0. The predicted molar refractivity (Wildman–Crippen MR) is 79.2 cm³/mol. The molecular weight excluding hydrogens is 297 g/mol. The Morgan fingerprint density at radius 3 is 2.52 bits per heavy atom. The van der Waals surface area contributed by atoms with Gasteiger partial charge in [0.2, 0.25) is 0 Å². The zero-order valence-electron chi connectivity index (χ0n) is 11.0. The molecule has 0 fully saturated rings. The largest absolute Gasteiger partial charge is 0.416 e. The van der Waals surface area contributed by atoms with Gasteiger partial charge >= 0.3 is 6.18 Å². The highest BCUT2D eigenvalue weighted by Crippen LogP contribution is 2.35. The van der Waals surface area contributed by atoms with Crippen molar-refractivity contribution >= 4 is 27.2 Å². The first-order valence-corrected chi connectivity index (χ1v) is 7.00. The molecule has 3 rings (SSSR count). The van der Waals surface area contributed by atoms with E-state index in [-0.39, 0.29) is 0 Å². The molecule has 0 bridgehead atoms. The van der Waals surface area contributed by atoms with Crippen molar-refractivity contribution in [3.05, 3.63) is 47.5 Å². The maximum Gasteiger partial charge on any atom is 0.416 e. The number of hydrogen-bond donors (Lipinski definition) is 1. The first kappa shape index (κ1) is 13.9. The first-order chi connectivity index (χ1) is 9.84. The Morgan fingerprint density at radius 2 is 1.86 bits per heavy atom. The summed E-state index contributed by atoms with van der Waals surface area (Å²) in [5.41, 5.74) is 7.90. The van der Waals surface area contributed by atoms with Crippen LogP contribution < -0.4 is 5.73 Å². The molecular formula is C15H11F3N2S. The molecule has 2 aromatic carbocycles. The van der Waals surface area contributed by atoms with E-state index in [0.717, 1.165) is 28.0 Å². The van der Waals surface area contributed by atoms with E-state index in [9.17, 15) is 13.2 Å². The molecule has 0 saturated heterocycles. The van der Waals surface area contributed by atoms with Crippen LogP contribution in [0.15, 0.2) is 36.4 Å². The third-order valence-electron chi connectivity index (χ3n) is 3.23. The van der Waals surface area contributed by atoms with Crippen molar-refractivity contribution in [1.29, 1.82) is 0 Å². The van der Waals surface area contributed by atoms with E-state index in [1.165, 1.54) is 17.4 Å². The fraction of sp³-hybridized carbons (Fsp3) is 0.133. The van der Waals surface area contributed by atoms with Crippen LogP contribution in [0, 0.1) is 6.92 Å². The standard InChI is InChI=1S/C15H11F3N2S/c1-8-6-9(2-4-11(8)19)14-20-12-7-10(15(16,17)18)3-5-13(12)21-14/h2-7H,19H2,1H3. The Balaban J connectivity index is 2.10. The Kier molecular flexibility index (Phi) is 3.13. The number of rotatable bonds is 1. The minimum absolute atomic E-state index is 0.360. The van der Waals surface area contributed by atoms with Gasteiger partial charge in [0, 0.05) is 11.3 Å². The lowest BCUT2D eigenvalue weighted by atomic mass is 10.1. The lowest BCUT2D eigenvalue weighted by molar-refractivity contribution is -0.137. The molecule has 6 heteroatoms. The topological polar surface area (TPSA) is 38.9 Å². The quantitative estimate of drug-likeness (QED) is 0.651. The van der Waals surface area contributed by atoms with Gasteiger partial charge in [-0.2, -0.15) is 13.2 Å².